The van der Waals surface area contributed by atoms with E-state index in [9.17, 15) is 4.39 Å². The van der Waals surface area contributed by atoms with Crippen molar-refractivity contribution < 1.29 is 4.39 Å². The minimum atomic E-state index is -0.344. The molecule has 1 atom stereocenters. The molecule has 82 valence electrons. The summed E-state index contributed by atoms with van der Waals surface area (Å²) in [7, 11) is 0. The van der Waals surface area contributed by atoms with Gasteiger partial charge >= 0.3 is 0 Å². The molecule has 0 spiro atoms. The first kappa shape index (κ1) is 10.8. The van der Waals surface area contributed by atoms with Gasteiger partial charge in [-0.2, -0.15) is 0 Å². The topological polar surface area (TPSA) is 50.9 Å². The van der Waals surface area contributed by atoms with E-state index in [0.717, 1.165) is 0 Å². The number of hydrogen-bond donors (Lipinski definition) is 2. The standard InChI is InChI=1S/C10H13BrFN3/c11-7-3-8(12)10(14-5-7)15-9(4-13)6-1-2-6/h3,5-6,9H,1-2,4,13H2,(H,14,15). The van der Waals surface area contributed by atoms with Crippen LogP contribution >= 0.6 is 15.9 Å². The van der Waals surface area contributed by atoms with Crippen molar-refractivity contribution in [3.63, 3.8) is 0 Å². The lowest BCUT2D eigenvalue weighted by molar-refractivity contribution is 0.600. The Hall–Kier alpha value is -0.680. The van der Waals surface area contributed by atoms with E-state index in [-0.39, 0.29) is 11.9 Å². The molecule has 15 heavy (non-hydrogen) atoms. The highest BCUT2D eigenvalue weighted by atomic mass is 79.9. The van der Waals surface area contributed by atoms with Crippen molar-refractivity contribution >= 4 is 21.7 Å². The summed E-state index contributed by atoms with van der Waals surface area (Å²) >= 11 is 3.17. The Morgan fingerprint density at radius 1 is 1.67 bits per heavy atom. The third kappa shape index (κ3) is 2.66. The van der Waals surface area contributed by atoms with Crippen LogP contribution in [-0.2, 0) is 0 Å². The summed E-state index contributed by atoms with van der Waals surface area (Å²) in [4.78, 5) is 3.99. The molecule has 3 nitrogen and oxygen atoms in total. The van der Waals surface area contributed by atoms with Gasteiger partial charge in [0.05, 0.1) is 0 Å². The third-order valence-corrected chi connectivity index (χ3v) is 3.01. The zero-order chi connectivity index (χ0) is 10.8. The van der Waals surface area contributed by atoms with Crippen LogP contribution in [0.15, 0.2) is 16.7 Å². The van der Waals surface area contributed by atoms with Gasteiger partial charge in [-0.25, -0.2) is 9.37 Å². The molecule has 2 rings (SSSR count). The molecule has 1 unspecified atom stereocenters. The molecule has 3 N–H and O–H groups in total. The van der Waals surface area contributed by atoms with Crippen LogP contribution in [0, 0.1) is 11.7 Å². The van der Waals surface area contributed by atoms with Crippen LogP contribution in [0.4, 0.5) is 10.2 Å². The summed E-state index contributed by atoms with van der Waals surface area (Å²) in [5.41, 5.74) is 5.62. The van der Waals surface area contributed by atoms with Gasteiger partial charge in [-0.1, -0.05) is 0 Å². The Kier molecular flexibility index (Phi) is 3.21. The van der Waals surface area contributed by atoms with Crippen LogP contribution in [0.25, 0.3) is 0 Å². The molecule has 1 aliphatic rings. The number of pyridine rings is 1. The highest BCUT2D eigenvalue weighted by Gasteiger charge is 2.30. The summed E-state index contributed by atoms with van der Waals surface area (Å²) in [6.07, 6.45) is 3.92. The van der Waals surface area contributed by atoms with Gasteiger partial charge in [-0.05, 0) is 40.8 Å². The SMILES string of the molecule is NCC(Nc1ncc(Br)cc1F)C1CC1. The molecule has 0 aromatic carbocycles. The van der Waals surface area contributed by atoms with Gasteiger partial charge in [-0.15, -0.1) is 0 Å². The fourth-order valence-corrected chi connectivity index (χ4v) is 1.87. The molecule has 0 radical (unpaired) electrons. The van der Waals surface area contributed by atoms with E-state index in [1.54, 1.807) is 6.20 Å². The second-order valence-electron chi connectivity index (χ2n) is 3.81. The molecule has 0 amide bonds. The molecule has 1 aliphatic carbocycles. The summed E-state index contributed by atoms with van der Waals surface area (Å²) in [6.45, 7) is 0.516. The van der Waals surface area contributed by atoms with E-state index >= 15 is 0 Å². The molecular weight excluding hydrogens is 261 g/mol. The highest BCUT2D eigenvalue weighted by Crippen LogP contribution is 2.33. The lowest BCUT2D eigenvalue weighted by Gasteiger charge is -2.16. The number of nitrogens with two attached hydrogens (primary N) is 1. The van der Waals surface area contributed by atoms with Gasteiger partial charge in [0.15, 0.2) is 11.6 Å². The minimum absolute atomic E-state index is 0.146. The molecule has 1 heterocycles. The fraction of sp³-hybridized carbons (Fsp3) is 0.500. The van der Waals surface area contributed by atoms with Crippen molar-refractivity contribution in [3.05, 3.63) is 22.6 Å². The lowest BCUT2D eigenvalue weighted by Crippen LogP contribution is -2.31. The number of aromatic nitrogens is 1. The average Bonchev–Trinajstić information content (AvgIpc) is 3.00. The maximum absolute atomic E-state index is 13.4. The monoisotopic (exact) mass is 273 g/mol. The molecule has 1 fully saturated rings. The predicted octanol–water partition coefficient (Wildman–Crippen LogP) is 2.13. The summed E-state index contributed by atoms with van der Waals surface area (Å²) in [6, 6.07) is 1.55. The first-order chi connectivity index (χ1) is 7.20. The normalized spacial score (nSPS) is 17.5. The molecule has 5 heteroatoms. The maximum Gasteiger partial charge on any atom is 0.166 e. The van der Waals surface area contributed by atoms with Crippen LogP contribution in [0.1, 0.15) is 12.8 Å². The van der Waals surface area contributed by atoms with Crippen molar-refractivity contribution in [2.75, 3.05) is 11.9 Å². The van der Waals surface area contributed by atoms with E-state index in [4.69, 9.17) is 5.73 Å². The maximum atomic E-state index is 13.4. The molecule has 1 aromatic rings. The van der Waals surface area contributed by atoms with E-state index in [2.05, 4.69) is 26.2 Å². The Morgan fingerprint density at radius 2 is 2.40 bits per heavy atom. The van der Waals surface area contributed by atoms with Crippen LogP contribution in [0.3, 0.4) is 0 Å². The van der Waals surface area contributed by atoms with Crippen molar-refractivity contribution in [2.24, 2.45) is 11.7 Å². The largest absolute Gasteiger partial charge is 0.363 e. The van der Waals surface area contributed by atoms with Crippen molar-refractivity contribution in [1.29, 1.82) is 0 Å². The van der Waals surface area contributed by atoms with Gasteiger partial charge < -0.3 is 11.1 Å². The van der Waals surface area contributed by atoms with Crippen LogP contribution in [0.5, 0.6) is 0 Å². The zero-order valence-corrected chi connectivity index (χ0v) is 9.80. The number of nitrogens with one attached hydrogen (secondary N) is 1. The Morgan fingerprint density at radius 3 is 2.93 bits per heavy atom. The quantitative estimate of drug-likeness (QED) is 0.884. The smallest absolute Gasteiger partial charge is 0.166 e. The second kappa shape index (κ2) is 4.45. The Bertz CT molecular complexity index is 355. The van der Waals surface area contributed by atoms with E-state index < -0.39 is 0 Å². The number of rotatable bonds is 4. The van der Waals surface area contributed by atoms with Crippen molar-refractivity contribution in [3.8, 4) is 0 Å². The number of anilines is 1. The van der Waals surface area contributed by atoms with Gasteiger partial charge in [-0.3, -0.25) is 0 Å². The molecule has 1 aromatic heterocycles. The van der Waals surface area contributed by atoms with Crippen LogP contribution in [0.2, 0.25) is 0 Å². The Labute approximate surface area is 96.4 Å². The molecule has 0 bridgehead atoms. The van der Waals surface area contributed by atoms with E-state index in [1.807, 2.05) is 0 Å². The number of hydrogen-bond acceptors (Lipinski definition) is 3. The van der Waals surface area contributed by atoms with Gasteiger partial charge in [0.25, 0.3) is 0 Å². The summed E-state index contributed by atoms with van der Waals surface area (Å²) in [5.74, 6) is 0.531. The Balaban J connectivity index is 2.08. The van der Waals surface area contributed by atoms with Crippen LogP contribution in [-0.4, -0.2) is 17.6 Å². The van der Waals surface area contributed by atoms with Crippen LogP contribution < -0.4 is 11.1 Å². The van der Waals surface area contributed by atoms with Gasteiger partial charge in [0.1, 0.15) is 0 Å². The molecular formula is C10H13BrFN3. The minimum Gasteiger partial charge on any atom is -0.363 e. The lowest BCUT2D eigenvalue weighted by atomic mass is 10.2. The summed E-state index contributed by atoms with van der Waals surface area (Å²) < 4.78 is 14.1. The van der Waals surface area contributed by atoms with Gasteiger partial charge in [0.2, 0.25) is 0 Å². The molecule has 0 saturated heterocycles. The second-order valence-corrected chi connectivity index (χ2v) is 4.72. The van der Waals surface area contributed by atoms with Crippen molar-refractivity contribution in [1.82, 2.24) is 4.98 Å². The zero-order valence-electron chi connectivity index (χ0n) is 8.21. The molecule has 0 aliphatic heterocycles. The number of nitrogens with zero attached hydrogens (tertiary/aromatic N) is 1. The van der Waals surface area contributed by atoms with E-state index in [0.29, 0.717) is 22.8 Å². The van der Waals surface area contributed by atoms with Gasteiger partial charge in [0, 0.05) is 23.3 Å². The average molecular weight is 274 g/mol. The first-order valence-electron chi connectivity index (χ1n) is 4.98. The van der Waals surface area contributed by atoms with Crippen molar-refractivity contribution in [2.45, 2.75) is 18.9 Å². The first-order valence-corrected chi connectivity index (χ1v) is 5.77. The van der Waals surface area contributed by atoms with E-state index in [1.165, 1.54) is 18.9 Å². The highest BCUT2D eigenvalue weighted by molar-refractivity contribution is 9.10. The third-order valence-electron chi connectivity index (χ3n) is 2.57. The number of halogens is 2. The fourth-order valence-electron chi connectivity index (χ4n) is 1.56. The summed E-state index contributed by atoms with van der Waals surface area (Å²) in [5, 5.41) is 3.05. The predicted molar refractivity (Wildman–Crippen MR) is 61.1 cm³/mol. The molecule has 1 saturated carbocycles.